The Balaban J connectivity index is 1.75. The molecule has 26 heavy (non-hydrogen) atoms. The number of aromatic amines is 1. The summed E-state index contributed by atoms with van der Waals surface area (Å²) in [4.78, 5) is 46.6. The zero-order chi connectivity index (χ0) is 18.3. The predicted octanol–water partition coefficient (Wildman–Crippen LogP) is 1.60. The number of carbonyl (C=O) groups is 1. The summed E-state index contributed by atoms with van der Waals surface area (Å²) in [6.07, 6.45) is 3.10. The van der Waals surface area contributed by atoms with Crippen LogP contribution in [-0.4, -0.2) is 31.9 Å². The van der Waals surface area contributed by atoms with Crippen molar-refractivity contribution in [2.45, 2.75) is 18.9 Å². The Kier molecular flexibility index (Phi) is 3.91. The van der Waals surface area contributed by atoms with Crippen LogP contribution in [0, 0.1) is 0 Å². The molecule has 0 spiro atoms. The first-order valence-corrected chi connectivity index (χ1v) is 8.52. The van der Waals surface area contributed by atoms with E-state index in [-0.39, 0.29) is 28.6 Å². The summed E-state index contributed by atoms with van der Waals surface area (Å²) >= 11 is 0. The van der Waals surface area contributed by atoms with Gasteiger partial charge in [-0.05, 0) is 37.1 Å². The second-order valence-electron chi connectivity index (χ2n) is 6.46. The average Bonchev–Trinajstić information content (AvgIpc) is 3.13. The molecule has 1 atom stereocenters. The molecule has 0 saturated carbocycles. The van der Waals surface area contributed by atoms with Gasteiger partial charge in [0.25, 0.3) is 17.0 Å². The third-order valence-electron chi connectivity index (χ3n) is 4.81. The Hall–Kier alpha value is -3.22. The summed E-state index contributed by atoms with van der Waals surface area (Å²) in [6.45, 7) is 0.526. The van der Waals surface area contributed by atoms with Crippen LogP contribution in [0.4, 0.5) is 0 Å². The summed E-state index contributed by atoms with van der Waals surface area (Å²) in [7, 11) is 1.61. The minimum absolute atomic E-state index is 0.130. The van der Waals surface area contributed by atoms with Crippen LogP contribution in [0.1, 0.15) is 35.1 Å². The molecule has 7 nitrogen and oxygen atoms in total. The molecule has 7 heteroatoms. The zero-order valence-electron chi connectivity index (χ0n) is 14.3. The van der Waals surface area contributed by atoms with Gasteiger partial charge >= 0.3 is 0 Å². The van der Waals surface area contributed by atoms with E-state index in [0.29, 0.717) is 29.7 Å². The van der Waals surface area contributed by atoms with Gasteiger partial charge in [0.1, 0.15) is 11.4 Å². The molecular weight excluding hydrogens is 332 g/mol. The van der Waals surface area contributed by atoms with Crippen LogP contribution in [0.5, 0.6) is 0 Å². The molecule has 3 aromatic rings. The molecule has 0 bridgehead atoms. The number of amides is 1. The fourth-order valence-corrected chi connectivity index (χ4v) is 3.47. The van der Waals surface area contributed by atoms with Crippen LogP contribution in [0.3, 0.4) is 0 Å². The topological polar surface area (TPSA) is 88.1 Å². The second kappa shape index (κ2) is 6.25. The van der Waals surface area contributed by atoms with Gasteiger partial charge in [0.05, 0.1) is 16.9 Å². The third kappa shape index (κ3) is 2.61. The smallest absolute Gasteiger partial charge is 0.263 e. The van der Waals surface area contributed by atoms with Gasteiger partial charge in [0.2, 0.25) is 0 Å². The number of aromatic nitrogens is 3. The zero-order valence-corrected chi connectivity index (χ0v) is 14.3. The molecular formula is C19H18N4O3. The number of hydrogen-bond donors (Lipinski definition) is 1. The van der Waals surface area contributed by atoms with Crippen molar-refractivity contribution < 1.29 is 4.79 Å². The molecule has 1 unspecified atom stereocenters. The lowest BCUT2D eigenvalue weighted by atomic mass is 10.1. The van der Waals surface area contributed by atoms with Gasteiger partial charge in [-0.1, -0.05) is 12.1 Å². The van der Waals surface area contributed by atoms with Gasteiger partial charge in [-0.2, -0.15) is 0 Å². The van der Waals surface area contributed by atoms with E-state index in [9.17, 15) is 14.4 Å². The third-order valence-corrected chi connectivity index (χ3v) is 4.81. The summed E-state index contributed by atoms with van der Waals surface area (Å²) in [5, 5.41) is 0.518. The number of benzene rings is 1. The van der Waals surface area contributed by atoms with E-state index in [4.69, 9.17) is 0 Å². The Morgan fingerprint density at radius 1 is 1.19 bits per heavy atom. The Morgan fingerprint density at radius 2 is 2.00 bits per heavy atom. The summed E-state index contributed by atoms with van der Waals surface area (Å²) < 4.78 is 1.38. The lowest BCUT2D eigenvalue weighted by Crippen LogP contribution is -2.36. The number of likely N-dealkylation sites (tertiary alicyclic amines) is 1. The van der Waals surface area contributed by atoms with Crippen LogP contribution >= 0.6 is 0 Å². The van der Waals surface area contributed by atoms with E-state index in [1.165, 1.54) is 10.6 Å². The minimum Gasteiger partial charge on any atom is -0.328 e. The predicted molar refractivity (Wildman–Crippen MR) is 97.1 cm³/mol. The van der Waals surface area contributed by atoms with Crippen molar-refractivity contribution in [3.8, 4) is 0 Å². The van der Waals surface area contributed by atoms with Gasteiger partial charge in [-0.15, -0.1) is 0 Å². The van der Waals surface area contributed by atoms with Crippen molar-refractivity contribution >= 4 is 16.8 Å². The van der Waals surface area contributed by atoms with E-state index in [1.807, 2.05) is 6.07 Å². The Labute approximate surface area is 148 Å². The van der Waals surface area contributed by atoms with E-state index >= 15 is 0 Å². The van der Waals surface area contributed by atoms with Crippen LogP contribution in [-0.2, 0) is 7.05 Å². The lowest BCUT2D eigenvalue weighted by molar-refractivity contribution is 0.0727. The first-order chi connectivity index (χ1) is 12.6. The lowest BCUT2D eigenvalue weighted by Gasteiger charge is -2.24. The SMILES string of the molecule is Cn1cccc(C(=O)N2CCCC2c2nc3ccccc3c(=O)[nH]2)c1=O. The molecule has 1 fully saturated rings. The summed E-state index contributed by atoms with van der Waals surface area (Å²) in [6, 6.07) is 9.98. The molecule has 1 aliphatic rings. The monoisotopic (exact) mass is 350 g/mol. The molecule has 1 amide bonds. The molecule has 1 N–H and O–H groups in total. The maximum atomic E-state index is 12.9. The van der Waals surface area contributed by atoms with Crippen LogP contribution in [0.2, 0.25) is 0 Å². The number of para-hydroxylation sites is 1. The molecule has 1 aromatic carbocycles. The molecule has 2 aromatic heterocycles. The highest BCUT2D eigenvalue weighted by Gasteiger charge is 2.33. The van der Waals surface area contributed by atoms with Gasteiger partial charge in [0, 0.05) is 19.8 Å². The van der Waals surface area contributed by atoms with Crippen molar-refractivity contribution in [3.05, 3.63) is 74.7 Å². The van der Waals surface area contributed by atoms with Crippen molar-refractivity contribution in [1.82, 2.24) is 19.4 Å². The van der Waals surface area contributed by atoms with E-state index in [1.54, 1.807) is 42.4 Å². The number of hydrogen-bond acceptors (Lipinski definition) is 4. The van der Waals surface area contributed by atoms with Gasteiger partial charge in [-0.25, -0.2) is 4.98 Å². The largest absolute Gasteiger partial charge is 0.328 e. The fraction of sp³-hybridized carbons (Fsp3) is 0.263. The highest BCUT2D eigenvalue weighted by Crippen LogP contribution is 2.30. The quantitative estimate of drug-likeness (QED) is 0.760. The minimum atomic E-state index is -0.343. The van der Waals surface area contributed by atoms with E-state index < -0.39 is 0 Å². The van der Waals surface area contributed by atoms with Gasteiger partial charge in [0.15, 0.2) is 0 Å². The van der Waals surface area contributed by atoms with Crippen LogP contribution < -0.4 is 11.1 Å². The summed E-state index contributed by atoms with van der Waals surface area (Å²) in [5.41, 5.74) is 0.176. The molecule has 4 rings (SSSR count). The second-order valence-corrected chi connectivity index (χ2v) is 6.46. The maximum Gasteiger partial charge on any atom is 0.263 e. The normalized spacial score (nSPS) is 17.0. The number of H-pyrrole nitrogens is 1. The summed E-state index contributed by atoms with van der Waals surface area (Å²) in [5.74, 6) is 0.136. The van der Waals surface area contributed by atoms with Crippen LogP contribution in [0.15, 0.2) is 52.2 Å². The molecule has 1 aliphatic heterocycles. The fourth-order valence-electron chi connectivity index (χ4n) is 3.47. The molecule has 0 radical (unpaired) electrons. The Morgan fingerprint density at radius 3 is 2.85 bits per heavy atom. The molecule has 3 heterocycles. The average molecular weight is 350 g/mol. The molecule has 0 aliphatic carbocycles. The molecule has 132 valence electrons. The molecule has 1 saturated heterocycles. The van der Waals surface area contributed by atoms with Crippen molar-refractivity contribution in [1.29, 1.82) is 0 Å². The highest BCUT2D eigenvalue weighted by molar-refractivity contribution is 5.94. The first kappa shape index (κ1) is 16.3. The van der Waals surface area contributed by atoms with Crippen molar-refractivity contribution in [3.63, 3.8) is 0 Å². The number of nitrogens with zero attached hydrogens (tertiary/aromatic N) is 3. The number of aryl methyl sites for hydroxylation is 1. The Bertz CT molecular complexity index is 1120. The number of nitrogens with one attached hydrogen (secondary N) is 1. The van der Waals surface area contributed by atoms with Crippen molar-refractivity contribution in [2.75, 3.05) is 6.54 Å². The number of pyridine rings is 1. The maximum absolute atomic E-state index is 12.9. The number of rotatable bonds is 2. The van der Waals surface area contributed by atoms with Gasteiger partial charge < -0.3 is 14.5 Å². The van der Waals surface area contributed by atoms with E-state index in [2.05, 4.69) is 9.97 Å². The first-order valence-electron chi connectivity index (χ1n) is 8.52. The standard InChI is InChI=1S/C19H18N4O3/c1-22-10-4-7-13(18(22)25)19(26)23-11-5-9-15(23)16-20-14-8-3-2-6-12(14)17(24)21-16/h2-4,6-8,10,15H,5,9,11H2,1H3,(H,20,21,24). The van der Waals surface area contributed by atoms with Crippen molar-refractivity contribution in [2.24, 2.45) is 7.05 Å². The van der Waals surface area contributed by atoms with E-state index in [0.717, 1.165) is 6.42 Å². The van der Waals surface area contributed by atoms with Crippen LogP contribution in [0.25, 0.3) is 10.9 Å². The number of fused-ring (bicyclic) bond motifs is 1. The van der Waals surface area contributed by atoms with Gasteiger partial charge in [-0.3, -0.25) is 14.4 Å². The number of carbonyl (C=O) groups excluding carboxylic acids is 1. The highest BCUT2D eigenvalue weighted by atomic mass is 16.2.